The van der Waals surface area contributed by atoms with Gasteiger partial charge < -0.3 is 10.1 Å². The minimum Gasteiger partial charge on any atom is -0.497 e. The molecule has 1 aliphatic rings. The van der Waals surface area contributed by atoms with Crippen molar-refractivity contribution in [2.75, 3.05) is 20.7 Å². The molecule has 1 aromatic carbocycles. The van der Waals surface area contributed by atoms with Crippen molar-refractivity contribution >= 4 is 0 Å². The van der Waals surface area contributed by atoms with E-state index >= 15 is 0 Å². The van der Waals surface area contributed by atoms with Crippen LogP contribution in [0.25, 0.3) is 0 Å². The molecule has 0 heterocycles. The second-order valence-corrected chi connectivity index (χ2v) is 5.62. The second-order valence-electron chi connectivity index (χ2n) is 5.62. The lowest BCUT2D eigenvalue weighted by Crippen LogP contribution is -2.29. The third-order valence-electron chi connectivity index (χ3n) is 4.27. The van der Waals surface area contributed by atoms with Crippen molar-refractivity contribution in [3.8, 4) is 5.75 Å². The standard InChI is InChI=1S/C16H25NO/c1-12-4-5-14(11-17-2)16(10-12)13-6-8-15(18-3)9-7-13/h6-9,12,14,16-17H,4-5,10-11H2,1-3H3. The second kappa shape index (κ2) is 6.24. The maximum atomic E-state index is 5.24. The summed E-state index contributed by atoms with van der Waals surface area (Å²) in [6.07, 6.45) is 4.04. The largest absolute Gasteiger partial charge is 0.497 e. The van der Waals surface area contributed by atoms with Gasteiger partial charge in [0, 0.05) is 0 Å². The minimum atomic E-state index is 0.701. The van der Waals surface area contributed by atoms with Gasteiger partial charge in [-0.3, -0.25) is 0 Å². The topological polar surface area (TPSA) is 21.3 Å². The highest BCUT2D eigenvalue weighted by atomic mass is 16.5. The van der Waals surface area contributed by atoms with Crippen molar-refractivity contribution in [2.45, 2.75) is 32.1 Å². The predicted molar refractivity (Wildman–Crippen MR) is 76.2 cm³/mol. The zero-order chi connectivity index (χ0) is 13.0. The maximum Gasteiger partial charge on any atom is 0.118 e. The molecule has 0 aliphatic heterocycles. The summed E-state index contributed by atoms with van der Waals surface area (Å²) in [5.41, 5.74) is 1.47. The fraction of sp³-hybridized carbons (Fsp3) is 0.625. The van der Waals surface area contributed by atoms with Crippen LogP contribution in [0.3, 0.4) is 0 Å². The Hall–Kier alpha value is -1.02. The van der Waals surface area contributed by atoms with E-state index in [1.165, 1.54) is 24.8 Å². The van der Waals surface area contributed by atoms with Gasteiger partial charge in [-0.25, -0.2) is 0 Å². The van der Waals surface area contributed by atoms with E-state index in [4.69, 9.17) is 4.74 Å². The van der Waals surface area contributed by atoms with Crippen LogP contribution in [0, 0.1) is 11.8 Å². The molecule has 100 valence electrons. The van der Waals surface area contributed by atoms with Crippen LogP contribution in [0.5, 0.6) is 5.75 Å². The molecule has 2 heteroatoms. The Morgan fingerprint density at radius 1 is 1.22 bits per heavy atom. The molecule has 0 bridgehead atoms. The number of rotatable bonds is 4. The summed E-state index contributed by atoms with van der Waals surface area (Å²) in [5.74, 6) is 3.28. The highest BCUT2D eigenvalue weighted by molar-refractivity contribution is 5.30. The van der Waals surface area contributed by atoms with Crippen molar-refractivity contribution in [3.63, 3.8) is 0 Å². The van der Waals surface area contributed by atoms with Crippen LogP contribution in [0.15, 0.2) is 24.3 Å². The summed E-state index contributed by atoms with van der Waals surface area (Å²) in [6, 6.07) is 8.66. The zero-order valence-electron chi connectivity index (χ0n) is 11.8. The van der Waals surface area contributed by atoms with Gasteiger partial charge in [0.25, 0.3) is 0 Å². The molecule has 3 atom stereocenters. The van der Waals surface area contributed by atoms with E-state index < -0.39 is 0 Å². The SMILES string of the molecule is CNCC1CCC(C)CC1c1ccc(OC)cc1. The fourth-order valence-corrected chi connectivity index (χ4v) is 3.21. The number of benzene rings is 1. The lowest BCUT2D eigenvalue weighted by molar-refractivity contribution is 0.245. The molecule has 3 unspecified atom stereocenters. The van der Waals surface area contributed by atoms with Gasteiger partial charge in [0.2, 0.25) is 0 Å². The molecule has 18 heavy (non-hydrogen) atoms. The molecule has 1 aliphatic carbocycles. The molecular formula is C16H25NO. The average Bonchev–Trinajstić information content (AvgIpc) is 2.41. The first-order chi connectivity index (χ1) is 8.74. The molecule has 0 radical (unpaired) electrons. The van der Waals surface area contributed by atoms with Gasteiger partial charge in [0.1, 0.15) is 5.75 Å². The van der Waals surface area contributed by atoms with Crippen molar-refractivity contribution < 1.29 is 4.74 Å². The molecule has 2 rings (SSSR count). The van der Waals surface area contributed by atoms with Crippen molar-refractivity contribution in [1.29, 1.82) is 0 Å². The number of hydrogen-bond acceptors (Lipinski definition) is 2. The monoisotopic (exact) mass is 247 g/mol. The summed E-state index contributed by atoms with van der Waals surface area (Å²) in [5, 5.41) is 3.35. The zero-order valence-corrected chi connectivity index (χ0v) is 11.8. The summed E-state index contributed by atoms with van der Waals surface area (Å²) >= 11 is 0. The normalized spacial score (nSPS) is 28.1. The number of nitrogens with one attached hydrogen (secondary N) is 1. The first-order valence-corrected chi connectivity index (χ1v) is 7.03. The van der Waals surface area contributed by atoms with Crippen molar-refractivity contribution in [1.82, 2.24) is 5.32 Å². The van der Waals surface area contributed by atoms with E-state index in [1.807, 2.05) is 0 Å². The molecule has 0 aromatic heterocycles. The van der Waals surface area contributed by atoms with E-state index in [9.17, 15) is 0 Å². The Labute approximate surface area is 111 Å². The number of hydrogen-bond donors (Lipinski definition) is 1. The molecule has 1 fully saturated rings. The molecule has 0 saturated heterocycles. The first kappa shape index (κ1) is 13.4. The summed E-state index contributed by atoms with van der Waals surface area (Å²) in [7, 11) is 3.78. The Morgan fingerprint density at radius 2 is 1.94 bits per heavy atom. The summed E-state index contributed by atoms with van der Waals surface area (Å²) < 4.78 is 5.24. The van der Waals surface area contributed by atoms with Gasteiger partial charge in [0.05, 0.1) is 7.11 Å². The van der Waals surface area contributed by atoms with Crippen molar-refractivity contribution in [3.05, 3.63) is 29.8 Å². The third-order valence-corrected chi connectivity index (χ3v) is 4.27. The van der Waals surface area contributed by atoms with Crippen LogP contribution in [0.2, 0.25) is 0 Å². The molecule has 2 nitrogen and oxygen atoms in total. The molecule has 0 spiro atoms. The predicted octanol–water partition coefficient (Wildman–Crippen LogP) is 3.43. The molecule has 1 saturated carbocycles. The van der Waals surface area contributed by atoms with E-state index in [0.717, 1.165) is 24.1 Å². The van der Waals surface area contributed by atoms with Gasteiger partial charge >= 0.3 is 0 Å². The van der Waals surface area contributed by atoms with Crippen LogP contribution in [0.4, 0.5) is 0 Å². The van der Waals surface area contributed by atoms with Crippen molar-refractivity contribution in [2.24, 2.45) is 11.8 Å². The van der Waals surface area contributed by atoms with Crippen LogP contribution in [-0.4, -0.2) is 20.7 Å². The van der Waals surface area contributed by atoms with E-state index in [2.05, 4.69) is 43.6 Å². The molecular weight excluding hydrogens is 222 g/mol. The van der Waals surface area contributed by atoms with Gasteiger partial charge in [-0.2, -0.15) is 0 Å². The smallest absolute Gasteiger partial charge is 0.118 e. The van der Waals surface area contributed by atoms with E-state index in [1.54, 1.807) is 7.11 Å². The van der Waals surface area contributed by atoms with E-state index in [0.29, 0.717) is 5.92 Å². The summed E-state index contributed by atoms with van der Waals surface area (Å²) in [4.78, 5) is 0. The van der Waals surface area contributed by atoms with Crippen LogP contribution in [-0.2, 0) is 0 Å². The first-order valence-electron chi connectivity index (χ1n) is 7.03. The fourth-order valence-electron chi connectivity index (χ4n) is 3.21. The van der Waals surface area contributed by atoms with Gasteiger partial charge in [0.15, 0.2) is 0 Å². The quantitative estimate of drug-likeness (QED) is 0.880. The Bertz CT molecular complexity index is 360. The van der Waals surface area contributed by atoms with Gasteiger partial charge in [-0.1, -0.05) is 25.5 Å². The van der Waals surface area contributed by atoms with Crippen LogP contribution < -0.4 is 10.1 Å². The lowest BCUT2D eigenvalue weighted by Gasteiger charge is -2.35. The average molecular weight is 247 g/mol. The summed E-state index contributed by atoms with van der Waals surface area (Å²) in [6.45, 7) is 3.51. The Morgan fingerprint density at radius 3 is 2.56 bits per heavy atom. The van der Waals surface area contributed by atoms with E-state index in [-0.39, 0.29) is 0 Å². The lowest BCUT2D eigenvalue weighted by atomic mass is 9.71. The highest BCUT2D eigenvalue weighted by Gasteiger charge is 2.29. The molecule has 0 amide bonds. The molecule has 1 N–H and O–H groups in total. The number of methoxy groups -OCH3 is 1. The minimum absolute atomic E-state index is 0.701. The molecule has 1 aromatic rings. The maximum absolute atomic E-state index is 5.24. The Balaban J connectivity index is 2.15. The van der Waals surface area contributed by atoms with Gasteiger partial charge in [-0.15, -0.1) is 0 Å². The van der Waals surface area contributed by atoms with Gasteiger partial charge in [-0.05, 0) is 61.9 Å². The highest BCUT2D eigenvalue weighted by Crippen LogP contribution is 2.40. The van der Waals surface area contributed by atoms with Crippen LogP contribution >= 0.6 is 0 Å². The number of ether oxygens (including phenoxy) is 1. The third kappa shape index (κ3) is 3.05. The van der Waals surface area contributed by atoms with Crippen LogP contribution in [0.1, 0.15) is 37.7 Å². The Kier molecular flexibility index (Phi) is 4.65.